The predicted molar refractivity (Wildman–Crippen MR) is 80.9 cm³/mol. The van der Waals surface area contributed by atoms with Crippen molar-refractivity contribution in [3.8, 4) is 0 Å². The second kappa shape index (κ2) is 7.25. The summed E-state index contributed by atoms with van der Waals surface area (Å²) in [5.41, 5.74) is 1.28. The van der Waals surface area contributed by atoms with Crippen LogP contribution in [0.3, 0.4) is 0 Å². The number of carbonyl (C=O) groups is 2. The molecule has 0 spiro atoms. The summed E-state index contributed by atoms with van der Waals surface area (Å²) in [6, 6.07) is 9.60. The molecular formula is C17H23NO3. The highest BCUT2D eigenvalue weighted by atomic mass is 16.4. The molecule has 2 atom stereocenters. The number of hydrogen-bond donors (Lipinski definition) is 1. The van der Waals surface area contributed by atoms with Crippen LogP contribution in [0, 0.1) is 5.92 Å². The monoisotopic (exact) mass is 289 g/mol. The Kier molecular flexibility index (Phi) is 5.37. The number of benzene rings is 1. The van der Waals surface area contributed by atoms with Gasteiger partial charge in [0.2, 0.25) is 5.91 Å². The van der Waals surface area contributed by atoms with Crippen molar-refractivity contribution in [1.29, 1.82) is 0 Å². The Morgan fingerprint density at radius 3 is 2.71 bits per heavy atom. The molecule has 1 fully saturated rings. The minimum Gasteiger partial charge on any atom is -0.480 e. The molecular weight excluding hydrogens is 266 g/mol. The lowest BCUT2D eigenvalue weighted by Gasteiger charge is -2.24. The Bertz CT molecular complexity index is 486. The first-order chi connectivity index (χ1) is 10.1. The van der Waals surface area contributed by atoms with Crippen molar-refractivity contribution in [3.63, 3.8) is 0 Å². The molecule has 1 aliphatic heterocycles. The lowest BCUT2D eigenvalue weighted by atomic mass is 9.99. The fraction of sp³-hybridized carbons (Fsp3) is 0.529. The van der Waals surface area contributed by atoms with Gasteiger partial charge in [-0.3, -0.25) is 4.79 Å². The largest absolute Gasteiger partial charge is 0.480 e. The van der Waals surface area contributed by atoms with Crippen molar-refractivity contribution in [2.75, 3.05) is 6.54 Å². The van der Waals surface area contributed by atoms with Gasteiger partial charge >= 0.3 is 5.97 Å². The molecule has 1 heterocycles. The second-order valence-corrected chi connectivity index (χ2v) is 5.81. The maximum absolute atomic E-state index is 12.4. The maximum atomic E-state index is 12.4. The Hall–Kier alpha value is -1.84. The van der Waals surface area contributed by atoms with Crippen LogP contribution in [0.5, 0.6) is 0 Å². The van der Waals surface area contributed by atoms with Crippen LogP contribution in [0.25, 0.3) is 0 Å². The molecule has 2 rings (SSSR count). The van der Waals surface area contributed by atoms with E-state index in [-0.39, 0.29) is 11.8 Å². The molecule has 1 aliphatic rings. The van der Waals surface area contributed by atoms with Crippen LogP contribution in [-0.2, 0) is 16.0 Å². The second-order valence-electron chi connectivity index (χ2n) is 5.81. The molecule has 0 saturated carbocycles. The molecule has 0 radical (unpaired) electrons. The van der Waals surface area contributed by atoms with E-state index in [2.05, 4.69) is 12.1 Å². The number of likely N-dealkylation sites (tertiary alicyclic amines) is 1. The minimum atomic E-state index is -0.877. The number of carboxylic acid groups (broad SMARTS) is 1. The first-order valence-corrected chi connectivity index (χ1v) is 7.67. The van der Waals surface area contributed by atoms with Crippen LogP contribution < -0.4 is 0 Å². The number of aliphatic carboxylic acids is 1. The van der Waals surface area contributed by atoms with Crippen LogP contribution in [0.1, 0.15) is 38.2 Å². The summed E-state index contributed by atoms with van der Waals surface area (Å²) in [6.07, 6.45) is 4.08. The van der Waals surface area contributed by atoms with Gasteiger partial charge in [-0.2, -0.15) is 0 Å². The zero-order valence-corrected chi connectivity index (χ0v) is 12.5. The molecule has 1 unspecified atom stereocenters. The SMILES string of the molecule is CC(CCCc1ccccc1)C(=O)N1CCC[C@H]1C(=O)O. The van der Waals surface area contributed by atoms with Crippen molar-refractivity contribution in [2.24, 2.45) is 5.92 Å². The van der Waals surface area contributed by atoms with E-state index in [4.69, 9.17) is 5.11 Å². The van der Waals surface area contributed by atoms with E-state index in [0.717, 1.165) is 25.7 Å². The lowest BCUT2D eigenvalue weighted by molar-refractivity contribution is -0.149. The molecule has 4 heteroatoms. The quantitative estimate of drug-likeness (QED) is 0.876. The molecule has 114 valence electrons. The van der Waals surface area contributed by atoms with E-state index in [0.29, 0.717) is 13.0 Å². The Labute approximate surface area is 125 Å². The smallest absolute Gasteiger partial charge is 0.326 e. The van der Waals surface area contributed by atoms with Gasteiger partial charge in [0.15, 0.2) is 0 Å². The van der Waals surface area contributed by atoms with Crippen LogP contribution in [0.4, 0.5) is 0 Å². The van der Waals surface area contributed by atoms with Crippen LogP contribution >= 0.6 is 0 Å². The fourth-order valence-corrected chi connectivity index (χ4v) is 2.95. The molecule has 4 nitrogen and oxygen atoms in total. The van der Waals surface area contributed by atoms with Crippen molar-refractivity contribution >= 4 is 11.9 Å². The topological polar surface area (TPSA) is 57.6 Å². The highest BCUT2D eigenvalue weighted by Crippen LogP contribution is 2.22. The predicted octanol–water partition coefficient (Wildman–Crippen LogP) is 2.72. The third kappa shape index (κ3) is 4.06. The van der Waals surface area contributed by atoms with E-state index >= 15 is 0 Å². The van der Waals surface area contributed by atoms with Gasteiger partial charge < -0.3 is 10.0 Å². The summed E-state index contributed by atoms with van der Waals surface area (Å²) in [6.45, 7) is 2.49. The fourth-order valence-electron chi connectivity index (χ4n) is 2.95. The molecule has 21 heavy (non-hydrogen) atoms. The van der Waals surface area contributed by atoms with Crippen molar-refractivity contribution < 1.29 is 14.7 Å². The van der Waals surface area contributed by atoms with Crippen molar-refractivity contribution in [3.05, 3.63) is 35.9 Å². The van der Waals surface area contributed by atoms with Gasteiger partial charge in [-0.15, -0.1) is 0 Å². The molecule has 0 aliphatic carbocycles. The zero-order valence-electron chi connectivity index (χ0n) is 12.5. The summed E-state index contributed by atoms with van der Waals surface area (Å²) in [4.78, 5) is 25.1. The summed E-state index contributed by atoms with van der Waals surface area (Å²) in [7, 11) is 0. The third-order valence-electron chi connectivity index (χ3n) is 4.19. The van der Waals surface area contributed by atoms with Gasteiger partial charge in [0.1, 0.15) is 6.04 Å². The van der Waals surface area contributed by atoms with Crippen LogP contribution in [0.15, 0.2) is 30.3 Å². The summed E-state index contributed by atoms with van der Waals surface area (Å²) in [5, 5.41) is 9.15. The third-order valence-corrected chi connectivity index (χ3v) is 4.19. The van der Waals surface area contributed by atoms with E-state index in [1.165, 1.54) is 5.56 Å². The first-order valence-electron chi connectivity index (χ1n) is 7.67. The molecule has 1 aromatic carbocycles. The van der Waals surface area contributed by atoms with Gasteiger partial charge in [-0.25, -0.2) is 4.79 Å². The van der Waals surface area contributed by atoms with Crippen molar-refractivity contribution in [2.45, 2.75) is 45.1 Å². The van der Waals surface area contributed by atoms with Gasteiger partial charge in [-0.1, -0.05) is 37.3 Å². The van der Waals surface area contributed by atoms with Gasteiger partial charge in [0, 0.05) is 12.5 Å². The van der Waals surface area contributed by atoms with Crippen LogP contribution in [-0.4, -0.2) is 34.5 Å². The minimum absolute atomic E-state index is 0.00652. The van der Waals surface area contributed by atoms with Gasteiger partial charge in [0.05, 0.1) is 0 Å². The number of nitrogens with zero attached hydrogens (tertiary/aromatic N) is 1. The molecule has 1 aromatic rings. The summed E-state index contributed by atoms with van der Waals surface area (Å²) >= 11 is 0. The summed E-state index contributed by atoms with van der Waals surface area (Å²) in [5.74, 6) is -0.987. The van der Waals surface area contributed by atoms with Crippen LogP contribution in [0.2, 0.25) is 0 Å². The Morgan fingerprint density at radius 2 is 2.05 bits per heavy atom. The number of hydrogen-bond acceptors (Lipinski definition) is 2. The van der Waals surface area contributed by atoms with E-state index in [9.17, 15) is 9.59 Å². The normalized spacial score (nSPS) is 19.5. The highest BCUT2D eigenvalue weighted by Gasteiger charge is 2.35. The standard InChI is InChI=1S/C17H23NO3/c1-13(7-5-10-14-8-3-2-4-9-14)16(19)18-12-6-11-15(18)17(20)21/h2-4,8-9,13,15H,5-7,10-12H2,1H3,(H,20,21)/t13?,15-/m0/s1. The van der Waals surface area contributed by atoms with E-state index in [1.807, 2.05) is 25.1 Å². The number of carbonyl (C=O) groups excluding carboxylic acids is 1. The van der Waals surface area contributed by atoms with Gasteiger partial charge in [0.25, 0.3) is 0 Å². The molecule has 1 amide bonds. The van der Waals surface area contributed by atoms with E-state index in [1.54, 1.807) is 4.90 Å². The zero-order chi connectivity index (χ0) is 15.2. The number of rotatable bonds is 6. The van der Waals surface area contributed by atoms with Gasteiger partial charge in [-0.05, 0) is 37.7 Å². The van der Waals surface area contributed by atoms with Crippen molar-refractivity contribution in [1.82, 2.24) is 4.90 Å². The highest BCUT2D eigenvalue weighted by molar-refractivity contribution is 5.85. The molecule has 0 bridgehead atoms. The Balaban J connectivity index is 1.81. The molecule has 1 saturated heterocycles. The lowest BCUT2D eigenvalue weighted by Crippen LogP contribution is -2.42. The first kappa shape index (κ1) is 15.5. The molecule has 1 N–H and O–H groups in total. The Morgan fingerprint density at radius 1 is 1.33 bits per heavy atom. The number of amides is 1. The number of aryl methyl sites for hydroxylation is 1. The maximum Gasteiger partial charge on any atom is 0.326 e. The average molecular weight is 289 g/mol. The van der Waals surface area contributed by atoms with E-state index < -0.39 is 12.0 Å². The average Bonchev–Trinajstić information content (AvgIpc) is 2.97. The summed E-state index contributed by atoms with van der Waals surface area (Å²) < 4.78 is 0. The molecule has 0 aromatic heterocycles. The number of carboxylic acids is 1.